The molecule has 0 saturated carbocycles. The first-order valence-electron chi connectivity index (χ1n) is 7.60. The van der Waals surface area contributed by atoms with Crippen LogP contribution in [0.1, 0.15) is 34.1 Å². The molecule has 0 saturated heterocycles. The van der Waals surface area contributed by atoms with Gasteiger partial charge < -0.3 is 19.9 Å². The maximum absolute atomic E-state index is 12.2. The SMILES string of the molecule is CCOC(=O)C[C@@](C)(NC(=O)Nc1cccn(C)c1=O)C(C)C. The van der Waals surface area contributed by atoms with E-state index in [4.69, 9.17) is 4.74 Å². The van der Waals surface area contributed by atoms with Crippen LogP contribution in [0.2, 0.25) is 0 Å². The molecule has 1 heterocycles. The van der Waals surface area contributed by atoms with Crippen LogP contribution in [0, 0.1) is 5.92 Å². The van der Waals surface area contributed by atoms with Gasteiger partial charge in [-0.05, 0) is 31.9 Å². The standard InChI is InChI=1S/C16H25N3O4/c1-6-23-13(20)10-16(4,11(2)3)18-15(22)17-12-8-7-9-19(5)14(12)21/h7-9,11H,6,10H2,1-5H3,(H2,17,18,22)/t16-/m1/s1. The van der Waals surface area contributed by atoms with Gasteiger partial charge in [-0.2, -0.15) is 0 Å². The molecule has 2 N–H and O–H groups in total. The topological polar surface area (TPSA) is 89.4 Å². The van der Waals surface area contributed by atoms with E-state index in [1.807, 2.05) is 13.8 Å². The quantitative estimate of drug-likeness (QED) is 0.782. The highest BCUT2D eigenvalue weighted by molar-refractivity contribution is 5.90. The Morgan fingerprint density at radius 2 is 2.04 bits per heavy atom. The van der Waals surface area contributed by atoms with Gasteiger partial charge in [0.2, 0.25) is 0 Å². The maximum Gasteiger partial charge on any atom is 0.319 e. The molecule has 1 rings (SSSR count). The number of pyridine rings is 1. The number of nitrogens with one attached hydrogen (secondary N) is 2. The summed E-state index contributed by atoms with van der Waals surface area (Å²) in [5, 5.41) is 5.31. The molecule has 0 aliphatic rings. The van der Waals surface area contributed by atoms with Crippen LogP contribution in [0.3, 0.4) is 0 Å². The van der Waals surface area contributed by atoms with Gasteiger partial charge >= 0.3 is 12.0 Å². The van der Waals surface area contributed by atoms with E-state index in [1.165, 1.54) is 10.6 Å². The summed E-state index contributed by atoms with van der Waals surface area (Å²) < 4.78 is 6.33. The Bertz CT molecular complexity index is 624. The Hall–Kier alpha value is -2.31. The van der Waals surface area contributed by atoms with E-state index in [1.54, 1.807) is 33.2 Å². The van der Waals surface area contributed by atoms with E-state index in [0.29, 0.717) is 6.61 Å². The molecule has 0 aliphatic heterocycles. The molecule has 0 aliphatic carbocycles. The fourth-order valence-corrected chi connectivity index (χ4v) is 2.01. The number of esters is 1. The summed E-state index contributed by atoms with van der Waals surface area (Å²) >= 11 is 0. The van der Waals surface area contributed by atoms with Crippen LogP contribution in [0.25, 0.3) is 0 Å². The molecule has 0 spiro atoms. The Labute approximate surface area is 136 Å². The first kappa shape index (κ1) is 18.7. The fraction of sp³-hybridized carbons (Fsp3) is 0.562. The Kier molecular flexibility index (Phi) is 6.36. The highest BCUT2D eigenvalue weighted by Gasteiger charge is 2.33. The summed E-state index contributed by atoms with van der Waals surface area (Å²) in [6.07, 6.45) is 1.66. The fourth-order valence-electron chi connectivity index (χ4n) is 2.01. The van der Waals surface area contributed by atoms with Crippen LogP contribution in [0.5, 0.6) is 0 Å². The van der Waals surface area contributed by atoms with Crippen molar-refractivity contribution >= 4 is 17.7 Å². The minimum absolute atomic E-state index is 0.00346. The third kappa shape index (κ3) is 5.12. The minimum Gasteiger partial charge on any atom is -0.466 e. The Morgan fingerprint density at radius 1 is 1.39 bits per heavy atom. The van der Waals surface area contributed by atoms with Crippen molar-refractivity contribution in [3.05, 3.63) is 28.7 Å². The molecule has 1 atom stereocenters. The molecule has 0 bridgehead atoms. The number of ether oxygens (including phenoxy) is 1. The number of rotatable bonds is 6. The van der Waals surface area contributed by atoms with Gasteiger partial charge in [-0.1, -0.05) is 13.8 Å². The normalized spacial score (nSPS) is 13.3. The second kappa shape index (κ2) is 7.80. The number of carbonyl (C=O) groups is 2. The number of amides is 2. The van der Waals surface area contributed by atoms with Crippen molar-refractivity contribution in [1.82, 2.24) is 9.88 Å². The lowest BCUT2D eigenvalue weighted by atomic mass is 9.85. The first-order valence-corrected chi connectivity index (χ1v) is 7.60. The average molecular weight is 323 g/mol. The van der Waals surface area contributed by atoms with E-state index in [-0.39, 0.29) is 29.6 Å². The third-order valence-corrected chi connectivity index (χ3v) is 3.86. The summed E-state index contributed by atoms with van der Waals surface area (Å²) in [6.45, 7) is 7.61. The van der Waals surface area contributed by atoms with E-state index < -0.39 is 11.6 Å². The smallest absolute Gasteiger partial charge is 0.319 e. The molecule has 0 aromatic carbocycles. The molecule has 1 aromatic heterocycles. The Morgan fingerprint density at radius 3 is 2.61 bits per heavy atom. The lowest BCUT2D eigenvalue weighted by Crippen LogP contribution is -2.53. The number of aromatic nitrogens is 1. The van der Waals surface area contributed by atoms with Crippen LogP contribution in [-0.4, -0.2) is 28.7 Å². The molecule has 0 unspecified atom stereocenters. The summed E-state index contributed by atoms with van der Waals surface area (Å²) in [7, 11) is 1.60. The lowest BCUT2D eigenvalue weighted by Gasteiger charge is -2.33. The zero-order valence-corrected chi connectivity index (χ0v) is 14.3. The third-order valence-electron chi connectivity index (χ3n) is 3.86. The highest BCUT2D eigenvalue weighted by Crippen LogP contribution is 2.21. The molecule has 0 fully saturated rings. The maximum atomic E-state index is 12.2. The summed E-state index contributed by atoms with van der Waals surface area (Å²) in [6, 6.07) is 2.66. The van der Waals surface area contributed by atoms with Crippen LogP contribution >= 0.6 is 0 Å². The molecule has 0 radical (unpaired) electrons. The number of carbonyl (C=O) groups excluding carboxylic acids is 2. The van der Waals surface area contributed by atoms with Crippen LogP contribution in [0.15, 0.2) is 23.1 Å². The van der Waals surface area contributed by atoms with Gasteiger partial charge in [0.15, 0.2) is 0 Å². The van der Waals surface area contributed by atoms with Gasteiger partial charge in [0.1, 0.15) is 5.69 Å². The number of aryl methyl sites for hydroxylation is 1. The van der Waals surface area contributed by atoms with E-state index >= 15 is 0 Å². The zero-order valence-electron chi connectivity index (χ0n) is 14.3. The number of anilines is 1. The summed E-state index contributed by atoms with van der Waals surface area (Å²) in [5.74, 6) is -0.379. The van der Waals surface area contributed by atoms with E-state index in [0.717, 1.165) is 0 Å². The van der Waals surface area contributed by atoms with Crippen molar-refractivity contribution in [3.8, 4) is 0 Å². The molecule has 7 heteroatoms. The van der Waals surface area contributed by atoms with Crippen molar-refractivity contribution in [3.63, 3.8) is 0 Å². The molecular weight excluding hydrogens is 298 g/mol. The van der Waals surface area contributed by atoms with Crippen molar-refractivity contribution in [1.29, 1.82) is 0 Å². The molecule has 23 heavy (non-hydrogen) atoms. The van der Waals surface area contributed by atoms with E-state index in [2.05, 4.69) is 10.6 Å². The van der Waals surface area contributed by atoms with Crippen LogP contribution in [0.4, 0.5) is 10.5 Å². The number of hydrogen-bond acceptors (Lipinski definition) is 4. The van der Waals surface area contributed by atoms with Crippen molar-refractivity contribution < 1.29 is 14.3 Å². The summed E-state index contributed by atoms with van der Waals surface area (Å²) in [5.41, 5.74) is -0.912. The van der Waals surface area contributed by atoms with Crippen LogP contribution < -0.4 is 16.2 Å². The largest absolute Gasteiger partial charge is 0.466 e. The monoisotopic (exact) mass is 323 g/mol. The molecule has 2 amide bonds. The second-order valence-corrected chi connectivity index (χ2v) is 5.97. The van der Waals surface area contributed by atoms with Crippen molar-refractivity contribution in [2.75, 3.05) is 11.9 Å². The van der Waals surface area contributed by atoms with Crippen molar-refractivity contribution in [2.45, 2.75) is 39.7 Å². The van der Waals surface area contributed by atoms with E-state index in [9.17, 15) is 14.4 Å². The highest BCUT2D eigenvalue weighted by atomic mass is 16.5. The first-order chi connectivity index (χ1) is 10.7. The molecule has 128 valence electrons. The minimum atomic E-state index is -0.781. The van der Waals surface area contributed by atoms with Crippen molar-refractivity contribution in [2.24, 2.45) is 13.0 Å². The average Bonchev–Trinajstić information content (AvgIpc) is 2.43. The molecule has 7 nitrogen and oxygen atoms in total. The van der Waals surface area contributed by atoms with Gasteiger partial charge in [-0.25, -0.2) is 4.79 Å². The number of nitrogens with zero attached hydrogens (tertiary/aromatic N) is 1. The summed E-state index contributed by atoms with van der Waals surface area (Å²) in [4.78, 5) is 35.9. The van der Waals surface area contributed by atoms with Crippen LogP contribution in [-0.2, 0) is 16.6 Å². The Balaban J connectivity index is 2.84. The van der Waals surface area contributed by atoms with Gasteiger partial charge in [0.25, 0.3) is 5.56 Å². The number of urea groups is 1. The predicted octanol–water partition coefficient (Wildman–Crippen LogP) is 1.87. The predicted molar refractivity (Wildman–Crippen MR) is 88.3 cm³/mol. The lowest BCUT2D eigenvalue weighted by molar-refractivity contribution is -0.145. The number of hydrogen-bond donors (Lipinski definition) is 2. The zero-order chi connectivity index (χ0) is 17.6. The van der Waals surface area contributed by atoms with Gasteiger partial charge in [0.05, 0.1) is 18.6 Å². The van der Waals surface area contributed by atoms with Gasteiger partial charge in [-0.15, -0.1) is 0 Å². The second-order valence-electron chi connectivity index (χ2n) is 5.97. The van der Waals surface area contributed by atoms with Gasteiger partial charge in [-0.3, -0.25) is 9.59 Å². The molecular formula is C16H25N3O4. The molecule has 1 aromatic rings. The van der Waals surface area contributed by atoms with Gasteiger partial charge in [0, 0.05) is 13.2 Å².